The molecule has 96 valence electrons. The highest BCUT2D eigenvalue weighted by Gasteiger charge is 2.06. The van der Waals surface area contributed by atoms with Crippen molar-refractivity contribution >= 4 is 22.7 Å². The lowest BCUT2D eigenvalue weighted by molar-refractivity contribution is 0.477. The number of aryl methyl sites for hydroxylation is 2. The Morgan fingerprint density at radius 2 is 1.84 bits per heavy atom. The summed E-state index contributed by atoms with van der Waals surface area (Å²) in [7, 11) is 0. The highest BCUT2D eigenvalue weighted by Crippen LogP contribution is 2.26. The largest absolute Gasteiger partial charge is 0.506 e. The maximum atomic E-state index is 9.73. The van der Waals surface area contributed by atoms with Crippen molar-refractivity contribution in [3.8, 4) is 5.75 Å². The lowest BCUT2D eigenvalue weighted by atomic mass is 10.1. The third-order valence-electron chi connectivity index (χ3n) is 3.25. The van der Waals surface area contributed by atoms with Crippen LogP contribution in [0.3, 0.4) is 0 Å². The molecule has 4 nitrogen and oxygen atoms in total. The Bertz CT molecular complexity index is 707. The molecule has 0 radical (unpaired) electrons. The summed E-state index contributed by atoms with van der Waals surface area (Å²) in [5.74, 6) is 0.830. The first kappa shape index (κ1) is 11.6. The van der Waals surface area contributed by atoms with Crippen LogP contribution in [0.5, 0.6) is 5.75 Å². The average molecular weight is 253 g/mol. The number of rotatable bonds is 2. The highest BCUT2D eigenvalue weighted by molar-refractivity contribution is 5.80. The number of para-hydroxylation sites is 2. The number of aromatic nitrogens is 2. The van der Waals surface area contributed by atoms with Crippen LogP contribution in [0.4, 0.5) is 11.6 Å². The van der Waals surface area contributed by atoms with Gasteiger partial charge in [-0.2, -0.15) is 0 Å². The SMILES string of the molecule is Cc1cc2nc(Nc3ccccc3O)[nH]c2cc1C. The Balaban J connectivity index is 2.00. The van der Waals surface area contributed by atoms with Crippen molar-refractivity contribution in [1.82, 2.24) is 9.97 Å². The smallest absolute Gasteiger partial charge is 0.205 e. The van der Waals surface area contributed by atoms with E-state index in [0.717, 1.165) is 11.0 Å². The fraction of sp³-hybridized carbons (Fsp3) is 0.133. The van der Waals surface area contributed by atoms with Crippen molar-refractivity contribution in [3.05, 3.63) is 47.5 Å². The molecular weight excluding hydrogens is 238 g/mol. The lowest BCUT2D eigenvalue weighted by Crippen LogP contribution is -1.92. The second kappa shape index (κ2) is 4.31. The van der Waals surface area contributed by atoms with Gasteiger partial charge in [0.2, 0.25) is 5.95 Å². The predicted molar refractivity (Wildman–Crippen MR) is 77.0 cm³/mol. The van der Waals surface area contributed by atoms with Crippen LogP contribution in [0.15, 0.2) is 36.4 Å². The molecule has 3 rings (SSSR count). The molecule has 0 aliphatic carbocycles. The van der Waals surface area contributed by atoms with E-state index in [4.69, 9.17) is 0 Å². The summed E-state index contributed by atoms with van der Waals surface area (Å²) in [5, 5.41) is 12.8. The maximum Gasteiger partial charge on any atom is 0.205 e. The summed E-state index contributed by atoms with van der Waals surface area (Å²) in [5.41, 5.74) is 4.98. The van der Waals surface area contributed by atoms with Crippen LogP contribution >= 0.6 is 0 Å². The number of phenolic OH excluding ortho intramolecular Hbond substituents is 1. The van der Waals surface area contributed by atoms with Crippen LogP contribution in [0.25, 0.3) is 11.0 Å². The number of benzene rings is 2. The molecule has 0 unspecified atom stereocenters. The van der Waals surface area contributed by atoms with Crippen LogP contribution in [0.2, 0.25) is 0 Å². The normalized spacial score (nSPS) is 10.8. The molecule has 0 saturated carbocycles. The number of phenols is 1. The van der Waals surface area contributed by atoms with E-state index in [1.54, 1.807) is 18.2 Å². The summed E-state index contributed by atoms with van der Waals surface area (Å²) in [6, 6.07) is 11.2. The maximum absolute atomic E-state index is 9.73. The van der Waals surface area contributed by atoms with Gasteiger partial charge in [0.05, 0.1) is 16.7 Å². The number of imidazole rings is 1. The van der Waals surface area contributed by atoms with E-state index in [9.17, 15) is 5.11 Å². The number of fused-ring (bicyclic) bond motifs is 1. The molecule has 1 aromatic heterocycles. The van der Waals surface area contributed by atoms with Gasteiger partial charge in [0.1, 0.15) is 5.75 Å². The minimum Gasteiger partial charge on any atom is -0.506 e. The summed E-state index contributed by atoms with van der Waals surface area (Å²) >= 11 is 0. The van der Waals surface area contributed by atoms with Crippen LogP contribution in [0, 0.1) is 13.8 Å². The Morgan fingerprint density at radius 3 is 2.63 bits per heavy atom. The molecular formula is C15H15N3O. The molecule has 19 heavy (non-hydrogen) atoms. The quantitative estimate of drug-likeness (QED) is 0.611. The molecule has 3 N–H and O–H groups in total. The van der Waals surface area contributed by atoms with Gasteiger partial charge in [0, 0.05) is 0 Å². The molecule has 0 aliphatic rings. The zero-order valence-electron chi connectivity index (χ0n) is 10.9. The molecule has 0 aliphatic heterocycles. The number of nitrogens with zero attached hydrogens (tertiary/aromatic N) is 1. The number of aromatic amines is 1. The van der Waals surface area contributed by atoms with Crippen molar-refractivity contribution in [1.29, 1.82) is 0 Å². The van der Waals surface area contributed by atoms with Crippen molar-refractivity contribution in [3.63, 3.8) is 0 Å². The summed E-state index contributed by atoms with van der Waals surface area (Å²) in [6.07, 6.45) is 0. The van der Waals surface area contributed by atoms with Gasteiger partial charge < -0.3 is 15.4 Å². The molecule has 3 aromatic rings. The standard InChI is InChI=1S/C15H15N3O/c1-9-7-12-13(8-10(9)2)18-15(17-12)16-11-5-3-4-6-14(11)19/h3-8,19H,1-2H3,(H2,16,17,18). The number of nitrogens with one attached hydrogen (secondary N) is 2. The molecule has 0 bridgehead atoms. The Labute approximate surface area is 111 Å². The fourth-order valence-electron chi connectivity index (χ4n) is 2.04. The van der Waals surface area contributed by atoms with Gasteiger partial charge in [0.25, 0.3) is 0 Å². The van der Waals surface area contributed by atoms with Crippen molar-refractivity contribution in [2.75, 3.05) is 5.32 Å². The van der Waals surface area contributed by atoms with E-state index in [2.05, 4.69) is 41.3 Å². The van der Waals surface area contributed by atoms with Crippen LogP contribution in [-0.2, 0) is 0 Å². The van der Waals surface area contributed by atoms with Gasteiger partial charge in [-0.3, -0.25) is 0 Å². The third kappa shape index (κ3) is 2.12. The summed E-state index contributed by atoms with van der Waals surface area (Å²) < 4.78 is 0. The van der Waals surface area contributed by atoms with Gasteiger partial charge in [-0.15, -0.1) is 0 Å². The molecule has 0 fully saturated rings. The van der Waals surface area contributed by atoms with Gasteiger partial charge in [-0.05, 0) is 49.2 Å². The van der Waals surface area contributed by atoms with Crippen LogP contribution in [0.1, 0.15) is 11.1 Å². The number of aromatic hydroxyl groups is 1. The second-order valence-corrected chi connectivity index (χ2v) is 4.68. The van der Waals surface area contributed by atoms with Crippen molar-refractivity contribution in [2.45, 2.75) is 13.8 Å². The Morgan fingerprint density at radius 1 is 1.11 bits per heavy atom. The Kier molecular flexibility index (Phi) is 2.63. The molecule has 0 saturated heterocycles. The molecule has 4 heteroatoms. The minimum absolute atomic E-state index is 0.204. The Hall–Kier alpha value is -2.49. The third-order valence-corrected chi connectivity index (χ3v) is 3.25. The number of hydrogen-bond acceptors (Lipinski definition) is 3. The number of anilines is 2. The average Bonchev–Trinajstić information content (AvgIpc) is 2.74. The van der Waals surface area contributed by atoms with E-state index < -0.39 is 0 Å². The summed E-state index contributed by atoms with van der Waals surface area (Å²) in [4.78, 5) is 7.68. The minimum atomic E-state index is 0.204. The van der Waals surface area contributed by atoms with Crippen LogP contribution in [-0.4, -0.2) is 15.1 Å². The first-order chi connectivity index (χ1) is 9.13. The zero-order valence-corrected chi connectivity index (χ0v) is 10.9. The first-order valence-electron chi connectivity index (χ1n) is 6.15. The van der Waals surface area contributed by atoms with Gasteiger partial charge in [0.15, 0.2) is 0 Å². The van der Waals surface area contributed by atoms with E-state index in [1.807, 2.05) is 6.07 Å². The topological polar surface area (TPSA) is 60.9 Å². The molecule has 0 atom stereocenters. The monoisotopic (exact) mass is 253 g/mol. The van der Waals surface area contributed by atoms with E-state index in [-0.39, 0.29) is 5.75 Å². The predicted octanol–water partition coefficient (Wildman–Crippen LogP) is 3.63. The number of H-pyrrole nitrogens is 1. The second-order valence-electron chi connectivity index (χ2n) is 4.68. The fourth-order valence-corrected chi connectivity index (χ4v) is 2.04. The van der Waals surface area contributed by atoms with E-state index in [1.165, 1.54) is 11.1 Å². The highest BCUT2D eigenvalue weighted by atomic mass is 16.3. The lowest BCUT2D eigenvalue weighted by Gasteiger charge is -2.04. The van der Waals surface area contributed by atoms with E-state index >= 15 is 0 Å². The molecule has 2 aromatic carbocycles. The summed E-state index contributed by atoms with van der Waals surface area (Å²) in [6.45, 7) is 4.14. The molecule has 1 heterocycles. The first-order valence-corrected chi connectivity index (χ1v) is 6.15. The zero-order chi connectivity index (χ0) is 13.4. The molecule has 0 amide bonds. The van der Waals surface area contributed by atoms with Crippen molar-refractivity contribution < 1.29 is 5.11 Å². The van der Waals surface area contributed by atoms with Gasteiger partial charge >= 0.3 is 0 Å². The van der Waals surface area contributed by atoms with Crippen LogP contribution < -0.4 is 5.32 Å². The van der Waals surface area contributed by atoms with E-state index in [0.29, 0.717) is 11.6 Å². The number of hydrogen-bond donors (Lipinski definition) is 3. The molecule has 0 spiro atoms. The van der Waals surface area contributed by atoms with Crippen molar-refractivity contribution in [2.24, 2.45) is 0 Å². The van der Waals surface area contributed by atoms with Gasteiger partial charge in [-0.25, -0.2) is 4.98 Å². The van der Waals surface area contributed by atoms with Gasteiger partial charge in [-0.1, -0.05) is 12.1 Å².